The summed E-state index contributed by atoms with van der Waals surface area (Å²) < 4.78 is 31.2. The van der Waals surface area contributed by atoms with Crippen LogP contribution in [0.1, 0.15) is 27.0 Å². The van der Waals surface area contributed by atoms with Crippen molar-refractivity contribution in [3.05, 3.63) is 101 Å². The van der Waals surface area contributed by atoms with E-state index in [0.29, 0.717) is 16.7 Å². The lowest BCUT2D eigenvalue weighted by Crippen LogP contribution is -2.27. The molecule has 4 rings (SSSR count). The lowest BCUT2D eigenvalue weighted by atomic mass is 10.1. The van der Waals surface area contributed by atoms with Crippen molar-refractivity contribution < 1.29 is 17.6 Å². The zero-order chi connectivity index (χ0) is 23.6. The minimum atomic E-state index is -3.95. The highest BCUT2D eigenvalue weighted by molar-refractivity contribution is 7.89. The summed E-state index contributed by atoms with van der Waals surface area (Å²) in [5.74, 6) is -0.470. The standard InChI is InChI=1S/C25H23N3O4S/c1-16-8-10-21(11-9-16)33(30,31)28-27-25-22(15-19-6-4-5-7-23(19)32-25)24(29)26-20-13-17(2)12-18(3)14-20/h4-15,28H,1-3H3,(H,26,29)/b27-25+. The minimum Gasteiger partial charge on any atom is -0.436 e. The van der Waals surface area contributed by atoms with Gasteiger partial charge in [-0.1, -0.05) is 42.0 Å². The van der Waals surface area contributed by atoms with E-state index in [1.54, 1.807) is 36.4 Å². The molecular formula is C25H23N3O4S. The number of benzene rings is 3. The summed E-state index contributed by atoms with van der Waals surface area (Å²) in [7, 11) is -3.95. The molecule has 0 aliphatic carbocycles. The molecule has 168 valence electrons. The number of nitrogens with zero attached hydrogens (tertiary/aromatic N) is 1. The Hall–Kier alpha value is -3.91. The normalized spacial score (nSPS) is 12.0. The highest BCUT2D eigenvalue weighted by Crippen LogP contribution is 2.17. The number of carbonyl (C=O) groups is 1. The van der Waals surface area contributed by atoms with Crippen LogP contribution in [0.4, 0.5) is 5.69 Å². The zero-order valence-corrected chi connectivity index (χ0v) is 19.2. The van der Waals surface area contributed by atoms with E-state index in [0.717, 1.165) is 16.7 Å². The molecule has 0 aliphatic rings. The number of fused-ring (bicyclic) bond motifs is 1. The monoisotopic (exact) mass is 461 g/mol. The van der Waals surface area contributed by atoms with Gasteiger partial charge in [0.2, 0.25) is 5.55 Å². The Kier molecular flexibility index (Phi) is 6.02. The Morgan fingerprint density at radius 2 is 1.52 bits per heavy atom. The third-order valence-electron chi connectivity index (χ3n) is 4.98. The van der Waals surface area contributed by atoms with Crippen LogP contribution in [-0.2, 0) is 10.0 Å². The van der Waals surface area contributed by atoms with Crippen LogP contribution in [0.2, 0.25) is 0 Å². The Bertz CT molecular complexity index is 1500. The third-order valence-corrected chi connectivity index (χ3v) is 6.20. The van der Waals surface area contributed by atoms with E-state index in [-0.39, 0.29) is 16.0 Å². The van der Waals surface area contributed by atoms with Crippen LogP contribution < -0.4 is 15.7 Å². The molecule has 8 heteroatoms. The van der Waals surface area contributed by atoms with Gasteiger partial charge in [-0.15, -0.1) is 5.10 Å². The van der Waals surface area contributed by atoms with E-state index < -0.39 is 15.9 Å². The molecule has 0 fully saturated rings. The molecule has 0 saturated heterocycles. The van der Waals surface area contributed by atoms with E-state index in [2.05, 4.69) is 15.2 Å². The Morgan fingerprint density at radius 3 is 2.21 bits per heavy atom. The van der Waals surface area contributed by atoms with Gasteiger partial charge in [0.05, 0.1) is 4.90 Å². The van der Waals surface area contributed by atoms with Gasteiger partial charge in [0.1, 0.15) is 11.1 Å². The zero-order valence-electron chi connectivity index (χ0n) is 18.4. The predicted molar refractivity (Wildman–Crippen MR) is 127 cm³/mol. The Balaban J connectivity index is 1.75. The Labute approximate surface area is 191 Å². The number of nitrogens with one attached hydrogen (secondary N) is 2. The maximum Gasteiger partial charge on any atom is 0.276 e. The van der Waals surface area contributed by atoms with Gasteiger partial charge in [-0.05, 0) is 68.3 Å². The number of sulfonamides is 1. The first-order valence-corrected chi connectivity index (χ1v) is 11.7. The molecule has 0 atom stereocenters. The first-order chi connectivity index (χ1) is 15.7. The molecule has 0 radical (unpaired) electrons. The molecule has 7 nitrogen and oxygen atoms in total. The molecule has 0 unspecified atom stereocenters. The van der Waals surface area contributed by atoms with Crippen molar-refractivity contribution in [2.75, 3.05) is 5.32 Å². The number of hydrogen-bond acceptors (Lipinski definition) is 5. The lowest BCUT2D eigenvalue weighted by Gasteiger charge is -2.09. The third kappa shape index (κ3) is 5.12. The minimum absolute atomic E-state index is 0.0545. The summed E-state index contributed by atoms with van der Waals surface area (Å²) in [6.07, 6.45) is 0. The smallest absolute Gasteiger partial charge is 0.276 e. The number of rotatable bonds is 5. The average molecular weight is 462 g/mol. The predicted octanol–water partition coefficient (Wildman–Crippen LogP) is 4.40. The molecule has 0 spiro atoms. The molecule has 2 N–H and O–H groups in total. The second-order valence-corrected chi connectivity index (χ2v) is 9.51. The van der Waals surface area contributed by atoms with Crippen LogP contribution in [0.5, 0.6) is 0 Å². The number of anilines is 1. The molecule has 1 heterocycles. The van der Waals surface area contributed by atoms with Crippen LogP contribution in [0.25, 0.3) is 11.0 Å². The van der Waals surface area contributed by atoms with Crippen LogP contribution in [0, 0.1) is 20.8 Å². The van der Waals surface area contributed by atoms with Crippen molar-refractivity contribution in [1.82, 2.24) is 4.83 Å². The fraction of sp³-hybridized carbons (Fsp3) is 0.120. The van der Waals surface area contributed by atoms with Gasteiger partial charge < -0.3 is 9.73 Å². The summed E-state index contributed by atoms with van der Waals surface area (Å²) in [5.41, 5.74) is 3.98. The molecule has 0 bridgehead atoms. The van der Waals surface area contributed by atoms with E-state index in [9.17, 15) is 13.2 Å². The van der Waals surface area contributed by atoms with Gasteiger partial charge in [-0.3, -0.25) is 4.79 Å². The number of aryl methyl sites for hydroxylation is 3. The summed E-state index contributed by atoms with van der Waals surface area (Å²) in [5, 5.41) is 7.49. The number of carbonyl (C=O) groups excluding carboxylic acids is 1. The molecular weight excluding hydrogens is 438 g/mol. The SMILES string of the molecule is Cc1ccc(S(=O)(=O)N/N=c2/oc3ccccc3cc2C(=O)Nc2cc(C)cc(C)c2)cc1. The van der Waals surface area contributed by atoms with Crippen LogP contribution >= 0.6 is 0 Å². The number of hydrogen-bond donors (Lipinski definition) is 2. The largest absolute Gasteiger partial charge is 0.436 e. The molecule has 0 aliphatic heterocycles. The first-order valence-electron chi connectivity index (χ1n) is 10.3. The first kappa shape index (κ1) is 22.3. The maximum atomic E-state index is 13.1. The average Bonchev–Trinajstić information content (AvgIpc) is 2.76. The van der Waals surface area contributed by atoms with Crippen molar-refractivity contribution in [1.29, 1.82) is 0 Å². The summed E-state index contributed by atoms with van der Waals surface area (Å²) in [6, 6.07) is 20.8. The van der Waals surface area contributed by atoms with E-state index in [1.165, 1.54) is 12.1 Å². The molecule has 33 heavy (non-hydrogen) atoms. The summed E-state index contributed by atoms with van der Waals surface area (Å²) >= 11 is 0. The van der Waals surface area contributed by atoms with Gasteiger partial charge in [-0.25, -0.2) is 0 Å². The summed E-state index contributed by atoms with van der Waals surface area (Å²) in [6.45, 7) is 5.74. The highest BCUT2D eigenvalue weighted by atomic mass is 32.2. The fourth-order valence-electron chi connectivity index (χ4n) is 3.43. The topological polar surface area (TPSA) is 101 Å². The van der Waals surface area contributed by atoms with Crippen molar-refractivity contribution in [2.24, 2.45) is 5.10 Å². The van der Waals surface area contributed by atoms with Crippen LogP contribution in [0.15, 0.2) is 87.2 Å². The van der Waals surface area contributed by atoms with E-state index in [1.807, 2.05) is 45.0 Å². The second-order valence-electron chi connectivity index (χ2n) is 7.85. The molecule has 4 aromatic rings. The van der Waals surface area contributed by atoms with Gasteiger partial charge in [0.15, 0.2) is 0 Å². The molecule has 1 aromatic heterocycles. The van der Waals surface area contributed by atoms with E-state index in [4.69, 9.17) is 4.42 Å². The highest BCUT2D eigenvalue weighted by Gasteiger charge is 2.16. The quantitative estimate of drug-likeness (QED) is 0.430. The fourth-order valence-corrected chi connectivity index (χ4v) is 4.23. The Morgan fingerprint density at radius 1 is 0.848 bits per heavy atom. The molecule has 1 amide bonds. The van der Waals surface area contributed by atoms with Crippen LogP contribution in [0.3, 0.4) is 0 Å². The van der Waals surface area contributed by atoms with Gasteiger partial charge >= 0.3 is 0 Å². The van der Waals surface area contributed by atoms with Crippen molar-refractivity contribution in [2.45, 2.75) is 25.7 Å². The second kappa shape index (κ2) is 8.91. The van der Waals surface area contributed by atoms with Crippen LogP contribution in [-0.4, -0.2) is 14.3 Å². The van der Waals surface area contributed by atoms with Crippen molar-refractivity contribution in [3.63, 3.8) is 0 Å². The van der Waals surface area contributed by atoms with Crippen molar-refractivity contribution in [3.8, 4) is 0 Å². The number of para-hydroxylation sites is 1. The summed E-state index contributed by atoms with van der Waals surface area (Å²) in [4.78, 5) is 15.4. The lowest BCUT2D eigenvalue weighted by molar-refractivity contribution is 0.102. The molecule has 0 saturated carbocycles. The maximum absolute atomic E-state index is 13.1. The van der Waals surface area contributed by atoms with Gasteiger partial charge in [0, 0.05) is 11.1 Å². The van der Waals surface area contributed by atoms with Gasteiger partial charge in [-0.2, -0.15) is 13.2 Å². The molecule has 3 aromatic carbocycles. The van der Waals surface area contributed by atoms with Gasteiger partial charge in [0.25, 0.3) is 15.9 Å². The number of amides is 1. The van der Waals surface area contributed by atoms with E-state index >= 15 is 0 Å². The van der Waals surface area contributed by atoms with Crippen molar-refractivity contribution >= 4 is 32.6 Å².